The van der Waals surface area contributed by atoms with E-state index < -0.39 is 11.6 Å². The topological polar surface area (TPSA) is 76.1 Å². The SMILES string of the molecule is COCCCNC(=O)c1cnc(Nc2ccc(F)cc2F)nc1. The summed E-state index contributed by atoms with van der Waals surface area (Å²) in [6.07, 6.45) is 3.34. The molecule has 0 aliphatic carbocycles. The molecule has 0 aliphatic rings. The van der Waals surface area contributed by atoms with E-state index in [1.54, 1.807) is 7.11 Å². The number of ether oxygens (including phenoxy) is 1. The third-order valence-corrected chi connectivity index (χ3v) is 2.90. The summed E-state index contributed by atoms with van der Waals surface area (Å²) in [6.45, 7) is 1.04. The number of nitrogens with one attached hydrogen (secondary N) is 2. The van der Waals surface area contributed by atoms with Crippen molar-refractivity contribution < 1.29 is 18.3 Å². The van der Waals surface area contributed by atoms with Crippen LogP contribution in [0.15, 0.2) is 30.6 Å². The Labute approximate surface area is 131 Å². The Morgan fingerprint density at radius 1 is 1.26 bits per heavy atom. The van der Waals surface area contributed by atoms with Gasteiger partial charge in [0.1, 0.15) is 11.6 Å². The first-order valence-corrected chi connectivity index (χ1v) is 6.91. The van der Waals surface area contributed by atoms with Gasteiger partial charge in [-0.2, -0.15) is 0 Å². The molecule has 1 aromatic heterocycles. The Morgan fingerprint density at radius 2 is 2.00 bits per heavy atom. The molecule has 2 rings (SSSR count). The molecule has 23 heavy (non-hydrogen) atoms. The molecule has 2 aromatic rings. The Hall–Kier alpha value is -2.61. The number of rotatable bonds is 7. The molecule has 0 saturated heterocycles. The number of amides is 1. The van der Waals surface area contributed by atoms with Crippen LogP contribution in [0.4, 0.5) is 20.4 Å². The van der Waals surface area contributed by atoms with Gasteiger partial charge in [0, 0.05) is 38.7 Å². The Kier molecular flexibility index (Phi) is 5.93. The Morgan fingerprint density at radius 3 is 2.65 bits per heavy atom. The summed E-state index contributed by atoms with van der Waals surface area (Å²) in [5, 5.41) is 5.31. The smallest absolute Gasteiger partial charge is 0.254 e. The van der Waals surface area contributed by atoms with Crippen molar-refractivity contribution in [3.05, 3.63) is 47.8 Å². The van der Waals surface area contributed by atoms with Gasteiger partial charge < -0.3 is 15.4 Å². The first-order chi connectivity index (χ1) is 11.1. The molecule has 6 nitrogen and oxygen atoms in total. The van der Waals surface area contributed by atoms with Gasteiger partial charge in [0.2, 0.25) is 5.95 Å². The van der Waals surface area contributed by atoms with Crippen LogP contribution < -0.4 is 10.6 Å². The fraction of sp³-hybridized carbons (Fsp3) is 0.267. The Balaban J connectivity index is 1.95. The standard InChI is InChI=1S/C15H16F2N4O2/c1-23-6-2-5-18-14(22)10-8-19-15(20-9-10)21-13-4-3-11(16)7-12(13)17/h3-4,7-9H,2,5-6H2,1H3,(H,18,22)(H,19,20,21). The molecule has 0 bridgehead atoms. The summed E-state index contributed by atoms with van der Waals surface area (Å²) < 4.78 is 31.2. The van der Waals surface area contributed by atoms with E-state index in [1.807, 2.05) is 0 Å². The van der Waals surface area contributed by atoms with Crippen LogP contribution in [0.25, 0.3) is 0 Å². The number of carbonyl (C=O) groups is 1. The second-order valence-corrected chi connectivity index (χ2v) is 4.65. The Bertz CT molecular complexity index is 665. The highest BCUT2D eigenvalue weighted by Crippen LogP contribution is 2.18. The van der Waals surface area contributed by atoms with E-state index in [0.29, 0.717) is 19.6 Å². The minimum absolute atomic E-state index is 0.0446. The van der Waals surface area contributed by atoms with E-state index in [-0.39, 0.29) is 23.1 Å². The molecule has 8 heteroatoms. The molecule has 0 aliphatic heterocycles. The number of methoxy groups -OCH3 is 1. The average Bonchev–Trinajstić information content (AvgIpc) is 2.55. The molecule has 0 fully saturated rings. The van der Waals surface area contributed by atoms with Crippen LogP contribution >= 0.6 is 0 Å². The maximum absolute atomic E-state index is 13.5. The third kappa shape index (κ3) is 4.96. The van der Waals surface area contributed by atoms with Crippen molar-refractivity contribution in [1.82, 2.24) is 15.3 Å². The number of hydrogen-bond acceptors (Lipinski definition) is 5. The lowest BCUT2D eigenvalue weighted by Crippen LogP contribution is -2.25. The first kappa shape index (κ1) is 16.8. The average molecular weight is 322 g/mol. The number of hydrogen-bond donors (Lipinski definition) is 2. The number of carbonyl (C=O) groups excluding carboxylic acids is 1. The zero-order valence-electron chi connectivity index (χ0n) is 12.5. The molecule has 122 valence electrons. The van der Waals surface area contributed by atoms with E-state index in [9.17, 15) is 13.6 Å². The maximum Gasteiger partial charge on any atom is 0.254 e. The molecule has 0 atom stereocenters. The van der Waals surface area contributed by atoms with Crippen molar-refractivity contribution in [2.24, 2.45) is 0 Å². The van der Waals surface area contributed by atoms with Gasteiger partial charge in [-0.1, -0.05) is 0 Å². The van der Waals surface area contributed by atoms with E-state index in [2.05, 4.69) is 20.6 Å². The minimum Gasteiger partial charge on any atom is -0.385 e. The number of anilines is 2. The monoisotopic (exact) mass is 322 g/mol. The minimum atomic E-state index is -0.756. The van der Waals surface area contributed by atoms with Crippen LogP contribution in [0.2, 0.25) is 0 Å². The van der Waals surface area contributed by atoms with Gasteiger partial charge in [0.15, 0.2) is 0 Å². The molecule has 1 aromatic carbocycles. The van der Waals surface area contributed by atoms with E-state index in [1.165, 1.54) is 18.5 Å². The quantitative estimate of drug-likeness (QED) is 0.765. The predicted octanol–water partition coefficient (Wildman–Crippen LogP) is 2.26. The van der Waals surface area contributed by atoms with E-state index in [4.69, 9.17) is 4.74 Å². The summed E-state index contributed by atoms with van der Waals surface area (Å²) in [6, 6.07) is 3.11. The van der Waals surface area contributed by atoms with Crippen LogP contribution in [-0.4, -0.2) is 36.1 Å². The summed E-state index contributed by atoms with van der Waals surface area (Å²) in [7, 11) is 1.59. The largest absolute Gasteiger partial charge is 0.385 e. The predicted molar refractivity (Wildman–Crippen MR) is 80.5 cm³/mol. The summed E-state index contributed by atoms with van der Waals surface area (Å²) in [5.41, 5.74) is 0.329. The maximum atomic E-state index is 13.5. The van der Waals surface area contributed by atoms with Gasteiger partial charge in [-0.05, 0) is 18.6 Å². The molecule has 0 radical (unpaired) electrons. The van der Waals surface area contributed by atoms with Gasteiger partial charge in [-0.15, -0.1) is 0 Å². The van der Waals surface area contributed by atoms with Crippen molar-refractivity contribution in [3.63, 3.8) is 0 Å². The highest BCUT2D eigenvalue weighted by Gasteiger charge is 2.08. The number of halogens is 2. The van der Waals surface area contributed by atoms with Crippen LogP contribution in [0.3, 0.4) is 0 Å². The fourth-order valence-corrected chi connectivity index (χ4v) is 1.74. The number of aromatic nitrogens is 2. The van der Waals surface area contributed by atoms with Crippen LogP contribution in [0.1, 0.15) is 16.8 Å². The zero-order valence-corrected chi connectivity index (χ0v) is 12.5. The molecule has 0 spiro atoms. The lowest BCUT2D eigenvalue weighted by Gasteiger charge is -2.07. The van der Waals surface area contributed by atoms with Crippen LogP contribution in [0.5, 0.6) is 0 Å². The van der Waals surface area contributed by atoms with Gasteiger partial charge in [0.05, 0.1) is 11.3 Å². The summed E-state index contributed by atoms with van der Waals surface area (Å²) in [5.74, 6) is -1.63. The first-order valence-electron chi connectivity index (χ1n) is 6.91. The highest BCUT2D eigenvalue weighted by molar-refractivity contribution is 5.93. The van der Waals surface area contributed by atoms with Gasteiger partial charge in [-0.25, -0.2) is 18.7 Å². The molecule has 2 N–H and O–H groups in total. The van der Waals surface area contributed by atoms with E-state index >= 15 is 0 Å². The van der Waals surface area contributed by atoms with Crippen molar-refractivity contribution in [3.8, 4) is 0 Å². The second kappa shape index (κ2) is 8.14. The molecule has 1 heterocycles. The van der Waals surface area contributed by atoms with Crippen LogP contribution in [0, 0.1) is 11.6 Å². The normalized spacial score (nSPS) is 10.4. The van der Waals surface area contributed by atoms with Crippen molar-refractivity contribution in [2.75, 3.05) is 25.6 Å². The van der Waals surface area contributed by atoms with Gasteiger partial charge >= 0.3 is 0 Å². The third-order valence-electron chi connectivity index (χ3n) is 2.90. The fourth-order valence-electron chi connectivity index (χ4n) is 1.74. The summed E-state index contributed by atoms with van der Waals surface area (Å²) >= 11 is 0. The lowest BCUT2D eigenvalue weighted by atomic mass is 10.3. The lowest BCUT2D eigenvalue weighted by molar-refractivity contribution is 0.0948. The highest BCUT2D eigenvalue weighted by atomic mass is 19.1. The van der Waals surface area contributed by atoms with Crippen molar-refractivity contribution >= 4 is 17.5 Å². The summed E-state index contributed by atoms with van der Waals surface area (Å²) in [4.78, 5) is 19.7. The number of nitrogens with zero attached hydrogens (tertiary/aromatic N) is 2. The van der Waals surface area contributed by atoms with Crippen LogP contribution in [-0.2, 0) is 4.74 Å². The molecule has 0 saturated carbocycles. The van der Waals surface area contributed by atoms with E-state index in [0.717, 1.165) is 12.1 Å². The van der Waals surface area contributed by atoms with Crippen molar-refractivity contribution in [2.45, 2.75) is 6.42 Å². The van der Waals surface area contributed by atoms with Gasteiger partial charge in [-0.3, -0.25) is 4.79 Å². The molecule has 0 unspecified atom stereocenters. The molecular weight excluding hydrogens is 306 g/mol. The van der Waals surface area contributed by atoms with Gasteiger partial charge in [0.25, 0.3) is 5.91 Å². The second-order valence-electron chi connectivity index (χ2n) is 4.65. The molecular formula is C15H16F2N4O2. The molecule has 1 amide bonds. The van der Waals surface area contributed by atoms with Crippen molar-refractivity contribution in [1.29, 1.82) is 0 Å². The number of benzene rings is 1. The zero-order chi connectivity index (χ0) is 16.7.